The van der Waals surface area contributed by atoms with E-state index in [0.29, 0.717) is 24.6 Å². The number of urea groups is 2. The van der Waals surface area contributed by atoms with E-state index in [0.717, 1.165) is 11.1 Å². The van der Waals surface area contributed by atoms with Crippen LogP contribution in [0.3, 0.4) is 0 Å². The van der Waals surface area contributed by atoms with Crippen molar-refractivity contribution in [2.24, 2.45) is 0 Å². The Labute approximate surface area is 185 Å². The van der Waals surface area contributed by atoms with E-state index in [1.165, 1.54) is 11.8 Å². The highest BCUT2D eigenvalue weighted by atomic mass is 32.2. The summed E-state index contributed by atoms with van der Waals surface area (Å²) >= 11 is 1.40. The van der Waals surface area contributed by atoms with Crippen LogP contribution in [0, 0.1) is 0 Å². The van der Waals surface area contributed by atoms with Gasteiger partial charge in [-0.2, -0.15) is 11.8 Å². The summed E-state index contributed by atoms with van der Waals surface area (Å²) in [6.07, 6.45) is 0.311. The van der Waals surface area contributed by atoms with Crippen LogP contribution in [-0.2, 0) is 22.7 Å². The number of amides is 6. The number of rotatable bonds is 10. The highest BCUT2D eigenvalue weighted by Crippen LogP contribution is 2.04. The van der Waals surface area contributed by atoms with Crippen LogP contribution in [-0.4, -0.2) is 35.4 Å². The second kappa shape index (κ2) is 13.8. The Morgan fingerprint density at radius 2 is 1.00 bits per heavy atom. The van der Waals surface area contributed by atoms with Gasteiger partial charge in [0.2, 0.25) is 11.8 Å². The van der Waals surface area contributed by atoms with Crippen molar-refractivity contribution in [1.29, 1.82) is 0 Å². The first-order chi connectivity index (χ1) is 15.0. The maximum absolute atomic E-state index is 11.8. The monoisotopic (exact) mass is 442 g/mol. The number of thioether (sulfide) groups is 1. The Morgan fingerprint density at radius 3 is 1.39 bits per heavy atom. The summed E-state index contributed by atoms with van der Waals surface area (Å²) in [6.45, 7) is 0.672. The van der Waals surface area contributed by atoms with Crippen molar-refractivity contribution >= 4 is 35.6 Å². The molecule has 2 aromatic carbocycles. The van der Waals surface area contributed by atoms with E-state index in [4.69, 9.17) is 0 Å². The van der Waals surface area contributed by atoms with Gasteiger partial charge < -0.3 is 10.6 Å². The lowest BCUT2D eigenvalue weighted by Gasteiger charge is -2.07. The molecule has 9 heteroatoms. The number of hydrogen-bond donors (Lipinski definition) is 4. The first kappa shape index (κ1) is 23.9. The number of imide groups is 2. The molecule has 4 N–H and O–H groups in total. The van der Waals surface area contributed by atoms with Gasteiger partial charge in [0.15, 0.2) is 0 Å². The van der Waals surface area contributed by atoms with Gasteiger partial charge in [-0.3, -0.25) is 20.2 Å². The maximum atomic E-state index is 11.8. The molecule has 0 aliphatic heterocycles. The number of benzene rings is 2. The van der Waals surface area contributed by atoms with Crippen molar-refractivity contribution in [3.8, 4) is 0 Å². The zero-order chi connectivity index (χ0) is 22.3. The van der Waals surface area contributed by atoms with E-state index >= 15 is 0 Å². The zero-order valence-corrected chi connectivity index (χ0v) is 17.9. The van der Waals surface area contributed by atoms with Gasteiger partial charge in [-0.25, -0.2) is 9.59 Å². The Bertz CT molecular complexity index is 791. The minimum absolute atomic E-state index is 0.155. The third kappa shape index (κ3) is 10.9. The van der Waals surface area contributed by atoms with Crippen molar-refractivity contribution in [3.05, 3.63) is 71.8 Å². The SMILES string of the molecule is O=C(CCSCCC(=O)NC(=O)NCc1ccccc1)NC(=O)NCc1ccccc1. The van der Waals surface area contributed by atoms with Gasteiger partial charge in [0.1, 0.15) is 0 Å². The molecule has 164 valence electrons. The fourth-order valence-electron chi connectivity index (χ4n) is 2.45. The standard InChI is InChI=1S/C22H26N4O4S/c27-19(25-21(29)23-15-17-7-3-1-4-8-17)11-13-31-14-12-20(28)26-22(30)24-16-18-9-5-2-6-10-18/h1-10H,11-16H2,(H2,23,25,27,29)(H2,24,26,28,30). The molecule has 0 spiro atoms. The molecule has 0 aromatic heterocycles. The molecule has 0 bridgehead atoms. The molecule has 8 nitrogen and oxygen atoms in total. The fourth-order valence-corrected chi connectivity index (χ4v) is 3.32. The van der Waals surface area contributed by atoms with E-state index in [1.54, 1.807) is 0 Å². The van der Waals surface area contributed by atoms with E-state index in [2.05, 4.69) is 21.3 Å². The van der Waals surface area contributed by atoms with Gasteiger partial charge in [0, 0.05) is 37.4 Å². The molecule has 2 aromatic rings. The topological polar surface area (TPSA) is 116 Å². The van der Waals surface area contributed by atoms with Gasteiger partial charge >= 0.3 is 12.1 Å². The molecular weight excluding hydrogens is 416 g/mol. The first-order valence-electron chi connectivity index (χ1n) is 9.84. The molecule has 0 saturated carbocycles. The minimum Gasteiger partial charge on any atom is -0.334 e. The Morgan fingerprint density at radius 1 is 0.613 bits per heavy atom. The molecule has 0 radical (unpaired) electrons. The van der Waals surface area contributed by atoms with Crippen LogP contribution in [0.1, 0.15) is 24.0 Å². The smallest absolute Gasteiger partial charge is 0.321 e. The van der Waals surface area contributed by atoms with E-state index < -0.39 is 12.1 Å². The molecule has 0 fully saturated rings. The summed E-state index contributed by atoms with van der Waals surface area (Å²) < 4.78 is 0. The average molecular weight is 443 g/mol. The third-order valence-electron chi connectivity index (χ3n) is 4.04. The summed E-state index contributed by atoms with van der Waals surface area (Å²) in [5.74, 6) is 0.155. The van der Waals surface area contributed by atoms with Crippen molar-refractivity contribution in [2.45, 2.75) is 25.9 Å². The first-order valence-corrected chi connectivity index (χ1v) is 11.0. The highest BCUT2D eigenvalue weighted by molar-refractivity contribution is 7.99. The summed E-state index contributed by atoms with van der Waals surface area (Å²) in [4.78, 5) is 47.0. The number of hydrogen-bond acceptors (Lipinski definition) is 5. The Kier molecular flexibility index (Phi) is 10.7. The third-order valence-corrected chi connectivity index (χ3v) is 5.03. The summed E-state index contributed by atoms with van der Waals surface area (Å²) in [5, 5.41) is 9.77. The van der Waals surface area contributed by atoms with Gasteiger partial charge in [0.05, 0.1) is 0 Å². The van der Waals surface area contributed by atoms with Crippen molar-refractivity contribution in [3.63, 3.8) is 0 Å². The molecule has 0 aliphatic carbocycles. The second-order valence-electron chi connectivity index (χ2n) is 6.55. The normalized spacial score (nSPS) is 10.1. The lowest BCUT2D eigenvalue weighted by atomic mass is 10.2. The number of carbonyl (C=O) groups excluding carboxylic acids is 4. The lowest BCUT2D eigenvalue weighted by molar-refractivity contribution is -0.120. The lowest BCUT2D eigenvalue weighted by Crippen LogP contribution is -2.39. The molecular formula is C22H26N4O4S. The second-order valence-corrected chi connectivity index (χ2v) is 7.77. The molecule has 2 rings (SSSR count). The molecule has 0 heterocycles. The zero-order valence-electron chi connectivity index (χ0n) is 17.1. The summed E-state index contributed by atoms with van der Waals surface area (Å²) in [6, 6.07) is 17.7. The van der Waals surface area contributed by atoms with Crippen molar-refractivity contribution in [2.75, 3.05) is 11.5 Å². The molecule has 0 atom stereocenters. The largest absolute Gasteiger partial charge is 0.334 e. The molecule has 0 saturated heterocycles. The van der Waals surface area contributed by atoms with Gasteiger partial charge in [-0.05, 0) is 11.1 Å². The quantitative estimate of drug-likeness (QED) is 0.422. The Balaban J connectivity index is 1.48. The van der Waals surface area contributed by atoms with Gasteiger partial charge in [-0.15, -0.1) is 0 Å². The predicted octanol–water partition coefficient (Wildman–Crippen LogP) is 2.55. The highest BCUT2D eigenvalue weighted by Gasteiger charge is 2.09. The van der Waals surface area contributed by atoms with Crippen molar-refractivity contribution in [1.82, 2.24) is 21.3 Å². The summed E-state index contributed by atoms with van der Waals surface area (Å²) in [5.41, 5.74) is 1.88. The van der Waals surface area contributed by atoms with Crippen LogP contribution < -0.4 is 21.3 Å². The van der Waals surface area contributed by atoms with Gasteiger partial charge in [-0.1, -0.05) is 60.7 Å². The molecule has 0 aliphatic rings. The van der Waals surface area contributed by atoms with Crippen LogP contribution in [0.5, 0.6) is 0 Å². The van der Waals surface area contributed by atoms with Crippen LogP contribution in [0.25, 0.3) is 0 Å². The fraction of sp³-hybridized carbons (Fsp3) is 0.273. The van der Waals surface area contributed by atoms with E-state index in [-0.39, 0.29) is 24.7 Å². The summed E-state index contributed by atoms with van der Waals surface area (Å²) in [7, 11) is 0. The number of nitrogens with one attached hydrogen (secondary N) is 4. The number of carbonyl (C=O) groups is 4. The van der Waals surface area contributed by atoms with Crippen LogP contribution in [0.15, 0.2) is 60.7 Å². The van der Waals surface area contributed by atoms with E-state index in [9.17, 15) is 19.2 Å². The molecule has 0 unspecified atom stereocenters. The van der Waals surface area contributed by atoms with E-state index in [1.807, 2.05) is 60.7 Å². The van der Waals surface area contributed by atoms with Crippen LogP contribution in [0.2, 0.25) is 0 Å². The molecule has 31 heavy (non-hydrogen) atoms. The Hall–Kier alpha value is -3.33. The molecule has 6 amide bonds. The minimum atomic E-state index is -0.542. The average Bonchev–Trinajstić information content (AvgIpc) is 2.77. The predicted molar refractivity (Wildman–Crippen MR) is 120 cm³/mol. The van der Waals surface area contributed by atoms with Gasteiger partial charge in [0.25, 0.3) is 0 Å². The van der Waals surface area contributed by atoms with Crippen LogP contribution >= 0.6 is 11.8 Å². The van der Waals surface area contributed by atoms with Crippen LogP contribution in [0.4, 0.5) is 9.59 Å². The maximum Gasteiger partial charge on any atom is 0.321 e. The van der Waals surface area contributed by atoms with Crippen molar-refractivity contribution < 1.29 is 19.2 Å².